The van der Waals surface area contributed by atoms with E-state index < -0.39 is 5.60 Å². The molecule has 1 unspecified atom stereocenters. The molecule has 0 aliphatic heterocycles. The van der Waals surface area contributed by atoms with Crippen molar-refractivity contribution in [3.8, 4) is 0 Å². The van der Waals surface area contributed by atoms with Crippen molar-refractivity contribution in [3.05, 3.63) is 0 Å². The lowest BCUT2D eigenvalue weighted by molar-refractivity contribution is 0.0341. The molecule has 3 nitrogen and oxygen atoms in total. The van der Waals surface area contributed by atoms with E-state index in [1.807, 2.05) is 37.7 Å². The summed E-state index contributed by atoms with van der Waals surface area (Å²) in [5, 5.41) is 13.2. The first kappa shape index (κ1) is 14.2. The molecule has 0 aromatic carbocycles. The minimum atomic E-state index is -0.622. The van der Waals surface area contributed by atoms with Gasteiger partial charge in [0.15, 0.2) is 0 Å². The van der Waals surface area contributed by atoms with Gasteiger partial charge in [0, 0.05) is 13.1 Å². The molecule has 0 heterocycles. The van der Waals surface area contributed by atoms with Gasteiger partial charge in [-0.25, -0.2) is 0 Å². The number of hydrogen-bond donors (Lipinski definition) is 2. The molecule has 1 atom stereocenters. The van der Waals surface area contributed by atoms with Gasteiger partial charge in [-0.1, -0.05) is 0 Å². The monoisotopic (exact) mass is 220 g/mol. The van der Waals surface area contributed by atoms with Crippen LogP contribution in [0.25, 0.3) is 0 Å². The van der Waals surface area contributed by atoms with Crippen molar-refractivity contribution in [1.29, 1.82) is 0 Å². The van der Waals surface area contributed by atoms with Gasteiger partial charge < -0.3 is 15.3 Å². The van der Waals surface area contributed by atoms with E-state index >= 15 is 0 Å². The summed E-state index contributed by atoms with van der Waals surface area (Å²) in [7, 11) is 3.95. The van der Waals surface area contributed by atoms with E-state index in [9.17, 15) is 5.11 Å². The number of nitrogens with one attached hydrogen (secondary N) is 1. The fourth-order valence-corrected chi connectivity index (χ4v) is 1.87. The normalized spacial score (nSPS) is 15.9. The zero-order chi connectivity index (χ0) is 11.0. The zero-order valence-electron chi connectivity index (χ0n) is 9.84. The minimum absolute atomic E-state index is 0.622. The maximum Gasteiger partial charge on any atom is 0.0869 e. The van der Waals surface area contributed by atoms with Crippen LogP contribution in [0.1, 0.15) is 13.3 Å². The van der Waals surface area contributed by atoms with E-state index in [4.69, 9.17) is 0 Å². The van der Waals surface area contributed by atoms with Crippen LogP contribution in [0.3, 0.4) is 0 Å². The van der Waals surface area contributed by atoms with Crippen LogP contribution in [-0.4, -0.2) is 61.3 Å². The number of aliphatic hydroxyl groups is 1. The van der Waals surface area contributed by atoms with Crippen LogP contribution >= 0.6 is 11.8 Å². The Balaban J connectivity index is 3.45. The Bertz CT molecular complexity index is 140. The third-order valence-electron chi connectivity index (χ3n) is 1.86. The molecule has 0 spiro atoms. The first-order valence-corrected chi connectivity index (χ1v) is 6.44. The average molecular weight is 220 g/mol. The Labute approximate surface area is 92.3 Å². The highest BCUT2D eigenvalue weighted by atomic mass is 32.2. The molecule has 0 amide bonds. The van der Waals surface area contributed by atoms with Gasteiger partial charge in [0.1, 0.15) is 0 Å². The quantitative estimate of drug-likeness (QED) is 0.589. The summed E-state index contributed by atoms with van der Waals surface area (Å²) in [5.74, 6) is 1.18. The summed E-state index contributed by atoms with van der Waals surface area (Å²) in [5.41, 5.74) is -0.622. The standard InChI is InChI=1S/C10H24N2OS/c1-10(13,9-12(2)3)8-11-6-5-7-14-4/h11,13H,5-9H2,1-4H3. The number of hydrogen-bond acceptors (Lipinski definition) is 4. The fraction of sp³-hybridized carbons (Fsp3) is 1.00. The maximum atomic E-state index is 9.93. The van der Waals surface area contributed by atoms with Gasteiger partial charge in [-0.3, -0.25) is 0 Å². The molecule has 0 bridgehead atoms. The smallest absolute Gasteiger partial charge is 0.0869 e. The average Bonchev–Trinajstić information content (AvgIpc) is 2.01. The van der Waals surface area contributed by atoms with E-state index in [0.29, 0.717) is 13.1 Å². The van der Waals surface area contributed by atoms with Crippen molar-refractivity contribution in [2.45, 2.75) is 18.9 Å². The van der Waals surface area contributed by atoms with Gasteiger partial charge >= 0.3 is 0 Å². The van der Waals surface area contributed by atoms with Crippen molar-refractivity contribution < 1.29 is 5.11 Å². The van der Waals surface area contributed by atoms with Crippen LogP contribution < -0.4 is 5.32 Å². The third kappa shape index (κ3) is 8.81. The van der Waals surface area contributed by atoms with Gasteiger partial charge in [0.05, 0.1) is 5.60 Å². The van der Waals surface area contributed by atoms with Gasteiger partial charge in [0.2, 0.25) is 0 Å². The summed E-state index contributed by atoms with van der Waals surface area (Å²) in [6, 6.07) is 0. The summed E-state index contributed by atoms with van der Waals surface area (Å²) >= 11 is 1.86. The molecule has 86 valence electrons. The second kappa shape index (κ2) is 7.51. The van der Waals surface area contributed by atoms with E-state index in [2.05, 4.69) is 11.6 Å². The van der Waals surface area contributed by atoms with Crippen molar-refractivity contribution in [3.63, 3.8) is 0 Å². The molecule has 2 N–H and O–H groups in total. The number of rotatable bonds is 8. The predicted molar refractivity (Wildman–Crippen MR) is 65.0 cm³/mol. The first-order chi connectivity index (χ1) is 6.48. The topological polar surface area (TPSA) is 35.5 Å². The number of nitrogens with zero attached hydrogens (tertiary/aromatic N) is 1. The molecule has 14 heavy (non-hydrogen) atoms. The Morgan fingerprint density at radius 1 is 1.43 bits per heavy atom. The molecule has 0 fully saturated rings. The van der Waals surface area contributed by atoms with E-state index in [1.165, 1.54) is 12.2 Å². The van der Waals surface area contributed by atoms with E-state index in [0.717, 1.165) is 6.54 Å². The fourth-order valence-electron chi connectivity index (χ4n) is 1.44. The van der Waals surface area contributed by atoms with E-state index in [1.54, 1.807) is 0 Å². The lowest BCUT2D eigenvalue weighted by Crippen LogP contribution is -2.45. The van der Waals surface area contributed by atoms with E-state index in [-0.39, 0.29) is 0 Å². The van der Waals surface area contributed by atoms with Crippen LogP contribution in [0.4, 0.5) is 0 Å². The lowest BCUT2D eigenvalue weighted by atomic mass is 10.1. The molecule has 0 aliphatic carbocycles. The van der Waals surface area contributed by atoms with Crippen LogP contribution in [-0.2, 0) is 0 Å². The zero-order valence-corrected chi connectivity index (χ0v) is 10.7. The van der Waals surface area contributed by atoms with Crippen LogP contribution in [0.5, 0.6) is 0 Å². The molecule has 0 aliphatic rings. The molecule has 0 radical (unpaired) electrons. The Kier molecular flexibility index (Phi) is 7.64. The molecule has 0 saturated carbocycles. The molecular weight excluding hydrogens is 196 g/mol. The summed E-state index contributed by atoms with van der Waals surface area (Å²) in [6.07, 6.45) is 3.28. The second-order valence-electron chi connectivity index (χ2n) is 4.26. The van der Waals surface area contributed by atoms with Crippen molar-refractivity contribution in [2.24, 2.45) is 0 Å². The summed E-state index contributed by atoms with van der Waals surface area (Å²) in [6.45, 7) is 4.22. The number of likely N-dealkylation sites (N-methyl/N-ethyl adjacent to an activating group) is 1. The largest absolute Gasteiger partial charge is 0.388 e. The number of thioether (sulfide) groups is 1. The van der Waals surface area contributed by atoms with Crippen LogP contribution in [0, 0.1) is 0 Å². The van der Waals surface area contributed by atoms with Crippen molar-refractivity contribution in [1.82, 2.24) is 10.2 Å². The molecule has 0 aromatic rings. The molecular formula is C10H24N2OS. The molecule has 4 heteroatoms. The highest BCUT2D eigenvalue weighted by molar-refractivity contribution is 7.98. The van der Waals surface area contributed by atoms with Gasteiger partial charge in [0.25, 0.3) is 0 Å². The highest BCUT2D eigenvalue weighted by Gasteiger charge is 2.20. The maximum absolute atomic E-state index is 9.93. The molecule has 0 rings (SSSR count). The third-order valence-corrected chi connectivity index (χ3v) is 2.56. The highest BCUT2D eigenvalue weighted by Crippen LogP contribution is 2.02. The Morgan fingerprint density at radius 3 is 2.57 bits per heavy atom. The molecule has 0 saturated heterocycles. The lowest BCUT2D eigenvalue weighted by Gasteiger charge is -2.27. The SMILES string of the molecule is CSCCCNCC(C)(O)CN(C)C. The van der Waals surface area contributed by atoms with Crippen molar-refractivity contribution >= 4 is 11.8 Å². The van der Waals surface area contributed by atoms with Gasteiger partial charge in [-0.05, 0) is 46.0 Å². The summed E-state index contributed by atoms with van der Waals surface area (Å²) < 4.78 is 0. The van der Waals surface area contributed by atoms with Gasteiger partial charge in [-0.15, -0.1) is 0 Å². The first-order valence-electron chi connectivity index (χ1n) is 5.05. The Hall–Kier alpha value is 0.230. The van der Waals surface area contributed by atoms with Crippen LogP contribution in [0.2, 0.25) is 0 Å². The Morgan fingerprint density at radius 2 is 2.07 bits per heavy atom. The van der Waals surface area contributed by atoms with Gasteiger partial charge in [-0.2, -0.15) is 11.8 Å². The van der Waals surface area contributed by atoms with Crippen LogP contribution in [0.15, 0.2) is 0 Å². The minimum Gasteiger partial charge on any atom is -0.388 e. The van der Waals surface area contributed by atoms with Crippen molar-refractivity contribution in [2.75, 3.05) is 45.7 Å². The predicted octanol–water partition coefficient (Wildman–Crippen LogP) is 0.642. The summed E-state index contributed by atoms with van der Waals surface area (Å²) in [4.78, 5) is 2.00. The molecule has 0 aromatic heterocycles. The second-order valence-corrected chi connectivity index (χ2v) is 5.24.